The van der Waals surface area contributed by atoms with Gasteiger partial charge in [-0.3, -0.25) is 4.79 Å². The molecule has 1 amide bonds. The zero-order valence-corrected chi connectivity index (χ0v) is 14.5. The van der Waals surface area contributed by atoms with Crippen molar-refractivity contribution < 1.29 is 9.53 Å². The summed E-state index contributed by atoms with van der Waals surface area (Å²) in [6.45, 7) is 3.98. The highest BCUT2D eigenvalue weighted by Crippen LogP contribution is 2.21. The predicted octanol–water partition coefficient (Wildman–Crippen LogP) is 4.10. The number of anilines is 1. The summed E-state index contributed by atoms with van der Waals surface area (Å²) in [5, 5.41) is 2.95. The maximum absolute atomic E-state index is 12.1. The van der Waals surface area contributed by atoms with Gasteiger partial charge >= 0.3 is 0 Å². The number of hydrogen-bond donors (Lipinski definition) is 1. The van der Waals surface area contributed by atoms with Crippen LogP contribution in [0.25, 0.3) is 0 Å². The molecule has 0 bridgehead atoms. The second kappa shape index (κ2) is 6.93. The van der Waals surface area contributed by atoms with Crippen molar-refractivity contribution in [1.29, 1.82) is 0 Å². The number of nitrogens with one attached hydrogen (secondary N) is 1. The fourth-order valence-corrected chi connectivity index (χ4v) is 2.77. The van der Waals surface area contributed by atoms with Gasteiger partial charge in [-0.1, -0.05) is 12.1 Å². The Morgan fingerprint density at radius 1 is 1.14 bits per heavy atom. The summed E-state index contributed by atoms with van der Waals surface area (Å²) < 4.78 is 6.44. The molecule has 0 radical (unpaired) electrons. The van der Waals surface area contributed by atoms with Gasteiger partial charge in [-0.05, 0) is 77.4 Å². The number of benzene rings is 2. The first kappa shape index (κ1) is 15.8. The summed E-state index contributed by atoms with van der Waals surface area (Å²) in [6.07, 6.45) is 0.335. The first-order chi connectivity index (χ1) is 9.99. The highest BCUT2D eigenvalue weighted by molar-refractivity contribution is 14.1. The van der Waals surface area contributed by atoms with Crippen molar-refractivity contribution in [2.24, 2.45) is 0 Å². The van der Waals surface area contributed by atoms with E-state index in [1.54, 1.807) is 7.11 Å². The molecule has 21 heavy (non-hydrogen) atoms. The van der Waals surface area contributed by atoms with E-state index < -0.39 is 0 Å². The van der Waals surface area contributed by atoms with Crippen molar-refractivity contribution in [2.75, 3.05) is 12.4 Å². The van der Waals surface area contributed by atoms with Crippen LogP contribution in [0, 0.1) is 17.4 Å². The summed E-state index contributed by atoms with van der Waals surface area (Å²) in [7, 11) is 1.64. The van der Waals surface area contributed by atoms with E-state index in [4.69, 9.17) is 4.74 Å². The molecule has 0 fully saturated rings. The molecule has 0 spiro atoms. The van der Waals surface area contributed by atoms with Gasteiger partial charge in [0, 0.05) is 9.26 Å². The number of aryl methyl sites for hydroxylation is 2. The molecule has 0 saturated heterocycles. The molecular formula is C17H18INO2. The quantitative estimate of drug-likeness (QED) is 0.792. The number of carbonyl (C=O) groups excluding carboxylic acids is 1. The molecule has 2 aromatic rings. The van der Waals surface area contributed by atoms with Crippen molar-refractivity contribution in [1.82, 2.24) is 0 Å². The van der Waals surface area contributed by atoms with E-state index in [0.717, 1.165) is 31.7 Å². The molecule has 0 atom stereocenters. The monoisotopic (exact) mass is 395 g/mol. The zero-order valence-electron chi connectivity index (χ0n) is 12.4. The van der Waals surface area contributed by atoms with Crippen molar-refractivity contribution in [2.45, 2.75) is 20.3 Å². The minimum Gasteiger partial charge on any atom is -0.496 e. The smallest absolute Gasteiger partial charge is 0.228 e. The fraction of sp³-hybridized carbons (Fsp3) is 0.235. The van der Waals surface area contributed by atoms with E-state index in [0.29, 0.717) is 6.42 Å². The topological polar surface area (TPSA) is 38.3 Å². The van der Waals surface area contributed by atoms with E-state index in [2.05, 4.69) is 27.9 Å². The predicted molar refractivity (Wildman–Crippen MR) is 94.0 cm³/mol. The van der Waals surface area contributed by atoms with Crippen LogP contribution in [0.1, 0.15) is 16.7 Å². The first-order valence-corrected chi connectivity index (χ1v) is 7.77. The van der Waals surface area contributed by atoms with E-state index in [-0.39, 0.29) is 5.91 Å². The van der Waals surface area contributed by atoms with Crippen molar-refractivity contribution in [3.63, 3.8) is 0 Å². The van der Waals surface area contributed by atoms with Crippen LogP contribution in [-0.4, -0.2) is 13.0 Å². The molecule has 0 aliphatic carbocycles. The third-order valence-corrected chi connectivity index (χ3v) is 3.97. The average Bonchev–Trinajstić information content (AvgIpc) is 2.44. The van der Waals surface area contributed by atoms with Crippen LogP contribution in [-0.2, 0) is 11.2 Å². The van der Waals surface area contributed by atoms with E-state index in [9.17, 15) is 4.79 Å². The van der Waals surface area contributed by atoms with Gasteiger partial charge in [0.25, 0.3) is 0 Å². The number of halogens is 1. The van der Waals surface area contributed by atoms with Crippen molar-refractivity contribution in [3.8, 4) is 5.75 Å². The summed E-state index contributed by atoms with van der Waals surface area (Å²) in [5.74, 6) is 0.788. The largest absolute Gasteiger partial charge is 0.496 e. The normalized spacial score (nSPS) is 10.3. The van der Waals surface area contributed by atoms with Gasteiger partial charge in [0.1, 0.15) is 5.75 Å². The first-order valence-electron chi connectivity index (χ1n) is 6.69. The van der Waals surface area contributed by atoms with E-state index in [1.165, 1.54) is 0 Å². The second-order valence-electron chi connectivity index (χ2n) is 4.99. The highest BCUT2D eigenvalue weighted by atomic mass is 127. The lowest BCUT2D eigenvalue weighted by molar-refractivity contribution is -0.115. The average molecular weight is 395 g/mol. The Morgan fingerprint density at radius 2 is 1.90 bits per heavy atom. The van der Waals surface area contributed by atoms with Crippen LogP contribution >= 0.6 is 22.6 Å². The molecule has 0 unspecified atom stereocenters. The lowest BCUT2D eigenvalue weighted by Crippen LogP contribution is -2.15. The van der Waals surface area contributed by atoms with Crippen molar-refractivity contribution in [3.05, 3.63) is 56.7 Å². The molecule has 0 aromatic heterocycles. The Kier molecular flexibility index (Phi) is 5.22. The third kappa shape index (κ3) is 4.20. The summed E-state index contributed by atoms with van der Waals surface area (Å²) in [4.78, 5) is 12.1. The van der Waals surface area contributed by atoms with Crippen LogP contribution in [0.4, 0.5) is 5.69 Å². The van der Waals surface area contributed by atoms with E-state index in [1.807, 2.05) is 50.2 Å². The number of carbonyl (C=O) groups is 1. The van der Waals surface area contributed by atoms with Gasteiger partial charge < -0.3 is 10.1 Å². The van der Waals surface area contributed by atoms with Gasteiger partial charge in [0.15, 0.2) is 0 Å². The molecule has 110 valence electrons. The lowest BCUT2D eigenvalue weighted by atomic mass is 10.1. The number of rotatable bonds is 4. The summed E-state index contributed by atoms with van der Waals surface area (Å²) in [5.41, 5.74) is 3.93. The Balaban J connectivity index is 2.08. The van der Waals surface area contributed by atoms with Crippen LogP contribution < -0.4 is 10.1 Å². The minimum absolute atomic E-state index is 0.0229. The third-order valence-electron chi connectivity index (χ3n) is 3.30. The van der Waals surface area contributed by atoms with E-state index >= 15 is 0 Å². The van der Waals surface area contributed by atoms with Gasteiger partial charge in [-0.15, -0.1) is 0 Å². The SMILES string of the molecule is COc1cc(CC(=O)Nc2ccc(I)cc2C)ccc1C. The lowest BCUT2D eigenvalue weighted by Gasteiger charge is -2.10. The van der Waals surface area contributed by atoms with Gasteiger partial charge in [0.2, 0.25) is 5.91 Å². The Hall–Kier alpha value is -1.56. The van der Waals surface area contributed by atoms with Crippen LogP contribution in [0.2, 0.25) is 0 Å². The Labute approximate surface area is 138 Å². The molecule has 3 nitrogen and oxygen atoms in total. The zero-order chi connectivity index (χ0) is 15.4. The van der Waals surface area contributed by atoms with Crippen molar-refractivity contribution >= 4 is 34.2 Å². The maximum atomic E-state index is 12.1. The van der Waals surface area contributed by atoms with Crippen LogP contribution in [0.3, 0.4) is 0 Å². The molecule has 0 aliphatic heterocycles. The number of hydrogen-bond acceptors (Lipinski definition) is 2. The Bertz CT molecular complexity index is 668. The molecule has 4 heteroatoms. The van der Waals surface area contributed by atoms with Gasteiger partial charge in [-0.25, -0.2) is 0 Å². The van der Waals surface area contributed by atoms with Gasteiger partial charge in [-0.2, -0.15) is 0 Å². The highest BCUT2D eigenvalue weighted by Gasteiger charge is 2.08. The molecule has 2 rings (SSSR count). The summed E-state index contributed by atoms with van der Waals surface area (Å²) in [6, 6.07) is 11.8. The standard InChI is InChI=1S/C17H18INO2/c1-11-4-5-13(9-16(11)21-3)10-17(20)19-15-7-6-14(18)8-12(15)2/h4-9H,10H2,1-3H3,(H,19,20). The summed E-state index contributed by atoms with van der Waals surface area (Å²) >= 11 is 2.26. The molecule has 2 aromatic carbocycles. The van der Waals surface area contributed by atoms with Crippen LogP contribution in [0.5, 0.6) is 5.75 Å². The number of amides is 1. The Morgan fingerprint density at radius 3 is 2.57 bits per heavy atom. The number of methoxy groups -OCH3 is 1. The molecule has 0 heterocycles. The molecule has 0 saturated carbocycles. The number of ether oxygens (including phenoxy) is 1. The molecular weight excluding hydrogens is 377 g/mol. The maximum Gasteiger partial charge on any atom is 0.228 e. The molecule has 1 N–H and O–H groups in total. The van der Waals surface area contributed by atoms with Gasteiger partial charge in [0.05, 0.1) is 13.5 Å². The fourth-order valence-electron chi connectivity index (χ4n) is 2.12. The van der Waals surface area contributed by atoms with Crippen LogP contribution in [0.15, 0.2) is 36.4 Å². The molecule has 0 aliphatic rings. The minimum atomic E-state index is -0.0229. The second-order valence-corrected chi connectivity index (χ2v) is 6.23.